The van der Waals surface area contributed by atoms with Crippen molar-refractivity contribution in [1.29, 1.82) is 0 Å². The van der Waals surface area contributed by atoms with Crippen molar-refractivity contribution in [3.8, 4) is 0 Å². The monoisotopic (exact) mass is 694 g/mol. The maximum atomic E-state index is 14.1. The molecule has 280 valence electrons. The molecular weight excluding hydrogens is 632 g/mol. The molecule has 14 nitrogen and oxygen atoms in total. The second-order valence-corrected chi connectivity index (χ2v) is 14.4. The lowest BCUT2D eigenvalue weighted by atomic mass is 9.83. The van der Waals surface area contributed by atoms with E-state index in [-0.39, 0.29) is 24.3 Å². The summed E-state index contributed by atoms with van der Waals surface area (Å²) >= 11 is 0. The summed E-state index contributed by atoms with van der Waals surface area (Å²) in [6.45, 7) is 9.93. The Hall–Kier alpha value is -3.26. The van der Waals surface area contributed by atoms with Gasteiger partial charge in [0.2, 0.25) is 29.5 Å². The van der Waals surface area contributed by atoms with Gasteiger partial charge in [0, 0.05) is 13.6 Å². The van der Waals surface area contributed by atoms with Gasteiger partial charge in [-0.3, -0.25) is 28.8 Å². The number of amides is 5. The molecule has 2 aliphatic rings. The first-order chi connectivity index (χ1) is 23.1. The van der Waals surface area contributed by atoms with E-state index in [9.17, 15) is 33.9 Å². The highest BCUT2D eigenvalue weighted by atomic mass is 16.5. The number of hydrogen-bond acceptors (Lipinski definition) is 9. The first-order valence-corrected chi connectivity index (χ1v) is 18.2. The number of carbonyl (C=O) groups excluding carboxylic acids is 6. The van der Waals surface area contributed by atoms with Crippen LogP contribution in [0.25, 0.3) is 0 Å². The van der Waals surface area contributed by atoms with Crippen LogP contribution < -0.4 is 27.0 Å². The number of hydrogen-bond donors (Lipinski definition) is 6. The number of ether oxygens (including phenoxy) is 1. The molecule has 2 fully saturated rings. The van der Waals surface area contributed by atoms with E-state index >= 15 is 0 Å². The van der Waals surface area contributed by atoms with Crippen LogP contribution in [0.2, 0.25) is 0 Å². The zero-order chi connectivity index (χ0) is 36.8. The van der Waals surface area contributed by atoms with Gasteiger partial charge in [0.05, 0.1) is 12.0 Å². The Labute approximate surface area is 291 Å². The number of nitrogens with zero attached hydrogens (tertiary/aromatic N) is 1. The minimum absolute atomic E-state index is 0.0160. The van der Waals surface area contributed by atoms with Gasteiger partial charge in [-0.15, -0.1) is 0 Å². The van der Waals surface area contributed by atoms with Crippen LogP contribution >= 0.6 is 0 Å². The summed E-state index contributed by atoms with van der Waals surface area (Å²) in [6, 6.07) is -4.70. The normalized spacial score (nSPS) is 29.1. The Morgan fingerprint density at radius 1 is 0.898 bits per heavy atom. The van der Waals surface area contributed by atoms with Gasteiger partial charge in [-0.1, -0.05) is 73.1 Å². The van der Waals surface area contributed by atoms with Crippen LogP contribution in [0.5, 0.6) is 0 Å². The topological polar surface area (TPSA) is 209 Å². The van der Waals surface area contributed by atoms with Crippen LogP contribution in [-0.2, 0) is 33.5 Å². The van der Waals surface area contributed by atoms with Gasteiger partial charge >= 0.3 is 5.97 Å². The molecule has 0 bridgehead atoms. The number of nitrogens with one attached hydrogen (secondary N) is 4. The van der Waals surface area contributed by atoms with Gasteiger partial charge in [-0.05, 0) is 50.4 Å². The summed E-state index contributed by atoms with van der Waals surface area (Å²) < 4.78 is 5.87. The summed E-state index contributed by atoms with van der Waals surface area (Å²) in [7, 11) is 1.55. The number of rotatable bonds is 10. The van der Waals surface area contributed by atoms with Crippen LogP contribution in [0.3, 0.4) is 0 Å². The van der Waals surface area contributed by atoms with Crippen molar-refractivity contribution in [1.82, 2.24) is 26.2 Å². The number of nitrogens with two attached hydrogens (primary N) is 1. The first-order valence-electron chi connectivity index (χ1n) is 18.2. The average Bonchev–Trinajstić information content (AvgIpc) is 3.07. The molecule has 8 atom stereocenters. The van der Waals surface area contributed by atoms with Crippen molar-refractivity contribution in [3.05, 3.63) is 0 Å². The Morgan fingerprint density at radius 3 is 2.12 bits per heavy atom. The van der Waals surface area contributed by atoms with E-state index in [0.29, 0.717) is 25.7 Å². The molecule has 7 N–H and O–H groups in total. The summed E-state index contributed by atoms with van der Waals surface area (Å²) in [5, 5.41) is 20.8. The lowest BCUT2D eigenvalue weighted by molar-refractivity contribution is -0.160. The minimum atomic E-state index is -1.48. The summed E-state index contributed by atoms with van der Waals surface area (Å²) in [6.07, 6.45) is 5.71. The van der Waals surface area contributed by atoms with Crippen LogP contribution in [0.15, 0.2) is 0 Å². The van der Waals surface area contributed by atoms with Gasteiger partial charge in [0.1, 0.15) is 36.8 Å². The van der Waals surface area contributed by atoms with Crippen molar-refractivity contribution >= 4 is 35.5 Å². The Morgan fingerprint density at radius 2 is 1.55 bits per heavy atom. The van der Waals surface area contributed by atoms with Gasteiger partial charge in [-0.2, -0.15) is 0 Å². The van der Waals surface area contributed by atoms with E-state index in [1.54, 1.807) is 14.0 Å². The number of aliphatic hydroxyl groups is 1. The maximum absolute atomic E-state index is 14.1. The third-order valence-electron chi connectivity index (χ3n) is 9.83. The fraction of sp³-hybridized carbons (Fsp3) is 0.829. The van der Waals surface area contributed by atoms with Crippen molar-refractivity contribution < 1.29 is 38.6 Å². The van der Waals surface area contributed by atoms with E-state index in [4.69, 9.17) is 10.5 Å². The predicted molar refractivity (Wildman–Crippen MR) is 184 cm³/mol. The highest BCUT2D eigenvalue weighted by Gasteiger charge is 2.40. The number of likely N-dealkylation sites (N-methyl/N-ethyl adjacent to an activating group) is 1. The zero-order valence-electron chi connectivity index (χ0n) is 30.6. The Kier molecular flexibility index (Phi) is 17.5. The molecule has 5 amide bonds. The average molecular weight is 695 g/mol. The van der Waals surface area contributed by atoms with Crippen molar-refractivity contribution in [3.63, 3.8) is 0 Å². The second kappa shape index (κ2) is 20.4. The van der Waals surface area contributed by atoms with Crippen LogP contribution in [0, 0.1) is 23.7 Å². The van der Waals surface area contributed by atoms with Gasteiger partial charge in [0.15, 0.2) is 0 Å². The minimum Gasteiger partial charge on any atom is -0.460 e. The molecule has 1 saturated heterocycles. The van der Waals surface area contributed by atoms with Crippen molar-refractivity contribution in [2.24, 2.45) is 29.4 Å². The van der Waals surface area contributed by atoms with E-state index in [1.165, 1.54) is 11.8 Å². The molecule has 1 aliphatic heterocycles. The number of aliphatic hydroxyl groups excluding tert-OH is 1. The molecule has 1 heterocycles. The third kappa shape index (κ3) is 12.5. The molecule has 2 rings (SSSR count). The molecule has 0 radical (unpaired) electrons. The molecule has 1 unspecified atom stereocenters. The highest BCUT2D eigenvalue weighted by molar-refractivity contribution is 5.96. The molecule has 0 aromatic carbocycles. The number of esters is 1. The number of cyclic esters (lactones) is 1. The molecule has 0 spiro atoms. The fourth-order valence-corrected chi connectivity index (χ4v) is 6.82. The van der Waals surface area contributed by atoms with Gasteiger partial charge < -0.3 is 41.7 Å². The van der Waals surface area contributed by atoms with Crippen molar-refractivity contribution in [2.45, 2.75) is 142 Å². The molecule has 0 aromatic rings. The molecule has 49 heavy (non-hydrogen) atoms. The van der Waals surface area contributed by atoms with Crippen LogP contribution in [0.4, 0.5) is 0 Å². The lowest BCUT2D eigenvalue weighted by Gasteiger charge is -2.36. The second-order valence-electron chi connectivity index (χ2n) is 14.4. The first kappa shape index (κ1) is 41.9. The lowest BCUT2D eigenvalue weighted by Crippen LogP contribution is -2.62. The number of carbonyl (C=O) groups is 6. The Bertz CT molecular complexity index is 1130. The standard InChI is InChI=1S/C35H62N6O8/c1-8-9-11-14-21(4)30-22(5)35(48)41(7)26(17-20(2)3)32(45)40-29(24-15-12-10-13-16-24)34(47)38-25(18-36)31(44)39-28(23(6)42)33(46)37-19-27(43)49-30/h20-26,28-30,42H,8-19,36H2,1-7H3,(H,37,46)(H,38,47)(H,39,44)(H,40,45)/t21?,22-,23+,25+,26+,28+,29+,30-/m1/s1. The third-order valence-corrected chi connectivity index (χ3v) is 9.83. The van der Waals surface area contributed by atoms with Crippen LogP contribution in [-0.4, -0.2) is 102 Å². The molecule has 1 saturated carbocycles. The Balaban J connectivity index is 2.60. The summed E-state index contributed by atoms with van der Waals surface area (Å²) in [5.74, 6) is -5.21. The molecule has 0 aromatic heterocycles. The maximum Gasteiger partial charge on any atom is 0.325 e. The van der Waals surface area contributed by atoms with Gasteiger partial charge in [0.25, 0.3) is 0 Å². The molecule has 1 aliphatic carbocycles. The quantitative estimate of drug-likeness (QED) is 0.143. The fourth-order valence-electron chi connectivity index (χ4n) is 6.82. The summed E-state index contributed by atoms with van der Waals surface area (Å²) in [4.78, 5) is 83.0. The van der Waals surface area contributed by atoms with E-state index in [1.807, 2.05) is 20.8 Å². The highest BCUT2D eigenvalue weighted by Crippen LogP contribution is 2.28. The van der Waals surface area contributed by atoms with E-state index in [0.717, 1.165) is 38.5 Å². The largest absolute Gasteiger partial charge is 0.460 e. The zero-order valence-corrected chi connectivity index (χ0v) is 30.6. The molecule has 14 heteroatoms. The predicted octanol–water partition coefficient (Wildman–Crippen LogP) is 1.13. The molecular formula is C35H62N6O8. The number of unbranched alkanes of at least 4 members (excludes halogenated alkanes) is 2. The van der Waals surface area contributed by atoms with Crippen molar-refractivity contribution in [2.75, 3.05) is 20.1 Å². The SMILES string of the molecule is CCCCCC(C)[C@H]1OC(=O)CNC(=O)[C@H]([C@H](C)O)NC(=O)[C@H](CN)NC(=O)[C@H](C2CCCCC2)NC(=O)[C@H](CC(C)C)N(C)C(=O)[C@@H]1C. The van der Waals surface area contributed by atoms with Crippen LogP contribution in [0.1, 0.15) is 106 Å². The smallest absolute Gasteiger partial charge is 0.325 e. The van der Waals surface area contributed by atoms with Gasteiger partial charge in [-0.25, -0.2) is 0 Å². The summed E-state index contributed by atoms with van der Waals surface area (Å²) in [5.41, 5.74) is 5.89. The van der Waals surface area contributed by atoms with E-state index in [2.05, 4.69) is 28.2 Å². The van der Waals surface area contributed by atoms with E-state index < -0.39 is 84.3 Å².